The third kappa shape index (κ3) is 4.34. The van der Waals surface area contributed by atoms with E-state index in [1.807, 2.05) is 0 Å². The normalized spacial score (nSPS) is 10.2. The van der Waals surface area contributed by atoms with E-state index < -0.39 is 17.8 Å². The van der Waals surface area contributed by atoms with Gasteiger partial charge in [-0.1, -0.05) is 11.6 Å². The average Bonchev–Trinajstić information content (AvgIpc) is 2.34. The van der Waals surface area contributed by atoms with Crippen molar-refractivity contribution in [3.8, 4) is 17.9 Å². The topological polar surface area (TPSA) is 81.2 Å². The highest BCUT2D eigenvalue weighted by molar-refractivity contribution is 6.32. The van der Waals surface area contributed by atoms with Gasteiger partial charge in [0.15, 0.2) is 0 Å². The van der Waals surface area contributed by atoms with E-state index in [-0.39, 0.29) is 10.7 Å². The number of nitrogens with one attached hydrogen (secondary N) is 1. The molecule has 0 saturated heterocycles. The number of aryl methyl sites for hydroxylation is 1. The lowest BCUT2D eigenvalue weighted by Crippen LogP contribution is -2.17. The maximum absolute atomic E-state index is 12.1. The largest absolute Gasteiger partial charge is 0.573 e. The predicted molar refractivity (Wildman–Crippen MR) is 65.2 cm³/mol. The van der Waals surface area contributed by atoms with E-state index in [4.69, 9.17) is 22.1 Å². The number of anilines is 1. The van der Waals surface area contributed by atoms with Crippen LogP contribution in [0.2, 0.25) is 5.02 Å². The Morgan fingerprint density at radius 2 is 1.95 bits per heavy atom. The van der Waals surface area contributed by atoms with E-state index >= 15 is 0 Å². The molecule has 0 fully saturated rings. The monoisotopic (exact) mass is 302 g/mol. The Morgan fingerprint density at radius 1 is 1.35 bits per heavy atom. The Hall–Kier alpha value is -2.45. The van der Waals surface area contributed by atoms with E-state index in [1.54, 1.807) is 0 Å². The third-order valence-electron chi connectivity index (χ3n) is 2.00. The molecule has 0 aliphatic rings. The summed E-state index contributed by atoms with van der Waals surface area (Å²) >= 11 is 5.65. The second-order valence-corrected chi connectivity index (χ2v) is 3.85. The minimum atomic E-state index is -4.85. The molecule has 1 N–H and O–H groups in total. The molecule has 0 aliphatic carbocycles. The molecule has 0 bridgehead atoms. The molecule has 20 heavy (non-hydrogen) atoms. The quantitative estimate of drug-likeness (QED) is 0.685. The lowest BCUT2D eigenvalue weighted by molar-refractivity contribution is -0.274. The van der Waals surface area contributed by atoms with Gasteiger partial charge in [0.25, 0.3) is 0 Å². The van der Waals surface area contributed by atoms with E-state index in [0.717, 1.165) is 12.1 Å². The maximum atomic E-state index is 12.1. The van der Waals surface area contributed by atoms with Gasteiger partial charge in [0.1, 0.15) is 17.9 Å². The molecule has 0 atom stereocenters. The van der Waals surface area contributed by atoms with E-state index in [1.165, 1.54) is 19.1 Å². The Morgan fingerprint density at radius 3 is 2.45 bits per heavy atom. The smallest absolute Gasteiger partial charge is 0.404 e. The summed E-state index contributed by atoms with van der Waals surface area (Å²) in [6.07, 6.45) is -4.85. The van der Waals surface area contributed by atoms with Crippen LogP contribution >= 0.6 is 11.6 Å². The van der Waals surface area contributed by atoms with Crippen LogP contribution in [0.3, 0.4) is 0 Å². The number of hydrogen-bond acceptors (Lipinski definition) is 5. The number of rotatable bonds is 3. The van der Waals surface area contributed by atoms with Crippen LogP contribution < -0.4 is 10.2 Å². The fourth-order valence-corrected chi connectivity index (χ4v) is 1.37. The first-order chi connectivity index (χ1) is 9.26. The summed E-state index contributed by atoms with van der Waals surface area (Å²) < 4.78 is 40.1. The van der Waals surface area contributed by atoms with Gasteiger partial charge < -0.3 is 4.74 Å². The summed E-state index contributed by atoms with van der Waals surface area (Å²) in [4.78, 5) is 0. The Bertz CT molecular complexity index is 612. The first-order valence-electron chi connectivity index (χ1n) is 4.96. The zero-order chi connectivity index (χ0) is 15.3. The molecule has 9 heteroatoms. The van der Waals surface area contributed by atoms with Crippen molar-refractivity contribution in [1.29, 1.82) is 10.5 Å². The second-order valence-electron chi connectivity index (χ2n) is 3.44. The van der Waals surface area contributed by atoms with Crippen LogP contribution in [-0.2, 0) is 0 Å². The number of halogens is 4. The second kappa shape index (κ2) is 6.13. The SMILES string of the molecule is Cc1cc(OC(F)(F)F)c(Cl)cc1NN=C(C#N)C#N. The summed E-state index contributed by atoms with van der Waals surface area (Å²) in [5, 5.41) is 20.1. The molecule has 0 saturated carbocycles. The number of nitriles is 2. The van der Waals surface area contributed by atoms with Crippen molar-refractivity contribution in [2.75, 3.05) is 5.43 Å². The minimum Gasteiger partial charge on any atom is -0.404 e. The van der Waals surface area contributed by atoms with Crippen molar-refractivity contribution in [3.63, 3.8) is 0 Å². The van der Waals surface area contributed by atoms with E-state index in [9.17, 15) is 13.2 Å². The van der Waals surface area contributed by atoms with Gasteiger partial charge in [0.2, 0.25) is 5.71 Å². The lowest BCUT2D eigenvalue weighted by atomic mass is 10.2. The molecule has 104 valence electrons. The Labute approximate surface area is 116 Å². The number of benzene rings is 1. The molecule has 1 aromatic rings. The van der Waals surface area contributed by atoms with Crippen molar-refractivity contribution in [2.24, 2.45) is 5.10 Å². The zero-order valence-electron chi connectivity index (χ0n) is 9.92. The van der Waals surface area contributed by atoms with Gasteiger partial charge in [0.05, 0.1) is 10.7 Å². The number of ether oxygens (including phenoxy) is 1. The average molecular weight is 303 g/mol. The zero-order valence-corrected chi connectivity index (χ0v) is 10.7. The highest BCUT2D eigenvalue weighted by Gasteiger charge is 2.32. The number of nitrogens with zero attached hydrogens (tertiary/aromatic N) is 3. The molecule has 0 heterocycles. The highest BCUT2D eigenvalue weighted by atomic mass is 35.5. The fraction of sp³-hybridized carbons (Fsp3) is 0.182. The minimum absolute atomic E-state index is 0.243. The Kier molecular flexibility index (Phi) is 4.78. The molecule has 1 aromatic carbocycles. The van der Waals surface area contributed by atoms with Gasteiger partial charge >= 0.3 is 6.36 Å². The van der Waals surface area contributed by atoms with Crippen molar-refractivity contribution in [1.82, 2.24) is 0 Å². The highest BCUT2D eigenvalue weighted by Crippen LogP contribution is 2.34. The van der Waals surface area contributed by atoms with Crippen LogP contribution in [0.15, 0.2) is 17.2 Å². The van der Waals surface area contributed by atoms with Crippen LogP contribution in [-0.4, -0.2) is 12.1 Å². The number of hydrazone groups is 1. The molecule has 5 nitrogen and oxygen atoms in total. The van der Waals surface area contributed by atoms with Crippen LogP contribution in [0.25, 0.3) is 0 Å². The number of alkyl halides is 3. The van der Waals surface area contributed by atoms with Crippen molar-refractivity contribution >= 4 is 23.0 Å². The van der Waals surface area contributed by atoms with Gasteiger partial charge in [0, 0.05) is 0 Å². The summed E-state index contributed by atoms with van der Waals surface area (Å²) in [7, 11) is 0. The van der Waals surface area contributed by atoms with Gasteiger partial charge in [-0.25, -0.2) is 0 Å². The third-order valence-corrected chi connectivity index (χ3v) is 2.30. The summed E-state index contributed by atoms with van der Waals surface area (Å²) in [6.45, 7) is 1.48. The predicted octanol–water partition coefficient (Wildman–Crippen LogP) is 3.36. The van der Waals surface area contributed by atoms with Gasteiger partial charge in [-0.2, -0.15) is 15.6 Å². The molecular formula is C11H6ClF3N4O. The van der Waals surface area contributed by atoms with E-state index in [0.29, 0.717) is 5.56 Å². The molecule has 0 amide bonds. The van der Waals surface area contributed by atoms with Gasteiger partial charge in [-0.3, -0.25) is 5.43 Å². The van der Waals surface area contributed by atoms with Gasteiger partial charge in [-0.05, 0) is 24.6 Å². The summed E-state index contributed by atoms with van der Waals surface area (Å²) in [5.74, 6) is -0.549. The van der Waals surface area contributed by atoms with Crippen LogP contribution in [0.4, 0.5) is 18.9 Å². The van der Waals surface area contributed by atoms with E-state index in [2.05, 4.69) is 15.3 Å². The first-order valence-corrected chi connectivity index (χ1v) is 5.34. The molecule has 0 aromatic heterocycles. The van der Waals surface area contributed by atoms with Crippen molar-refractivity contribution < 1.29 is 17.9 Å². The first kappa shape index (κ1) is 15.6. The summed E-state index contributed by atoms with van der Waals surface area (Å²) in [6, 6.07) is 5.25. The van der Waals surface area contributed by atoms with Crippen LogP contribution in [0, 0.1) is 29.6 Å². The molecule has 0 radical (unpaired) electrons. The van der Waals surface area contributed by atoms with Crippen molar-refractivity contribution in [3.05, 3.63) is 22.7 Å². The lowest BCUT2D eigenvalue weighted by Gasteiger charge is -2.13. The fourth-order valence-electron chi connectivity index (χ4n) is 1.17. The van der Waals surface area contributed by atoms with Crippen LogP contribution in [0.1, 0.15) is 5.56 Å². The molecule has 0 aliphatic heterocycles. The maximum Gasteiger partial charge on any atom is 0.573 e. The standard InChI is InChI=1S/C11H6ClF3N4O/c1-6-2-10(20-11(13,14)15)8(12)3-9(6)19-18-7(4-16)5-17/h2-3,19H,1H3. The Balaban J connectivity index is 3.04. The molecule has 1 rings (SSSR count). The molecular weight excluding hydrogens is 297 g/mol. The van der Waals surface area contributed by atoms with Crippen LogP contribution in [0.5, 0.6) is 5.75 Å². The van der Waals surface area contributed by atoms with Gasteiger partial charge in [-0.15, -0.1) is 13.2 Å². The van der Waals surface area contributed by atoms with Crippen molar-refractivity contribution in [2.45, 2.75) is 13.3 Å². The molecule has 0 unspecified atom stereocenters. The number of hydrogen-bond donors (Lipinski definition) is 1. The molecule has 0 spiro atoms. The summed E-state index contributed by atoms with van der Waals surface area (Å²) in [5.41, 5.74) is 2.52.